The Kier molecular flexibility index (Phi) is 5.96. The minimum Gasteiger partial charge on any atom is -0.493 e. The van der Waals surface area contributed by atoms with Gasteiger partial charge in [-0.25, -0.2) is 0 Å². The van der Waals surface area contributed by atoms with Gasteiger partial charge in [0.05, 0.1) is 12.9 Å². The number of halogens is 2. The van der Waals surface area contributed by atoms with Crippen LogP contribution in [0.1, 0.15) is 10.4 Å². The molecular weight excluding hydrogens is 346 g/mol. The highest BCUT2D eigenvalue weighted by Gasteiger charge is 2.29. The first-order valence-electron chi connectivity index (χ1n) is 6.80. The molecule has 0 spiro atoms. The second-order valence-electron chi connectivity index (χ2n) is 4.60. The molecule has 1 fully saturated rings. The van der Waals surface area contributed by atoms with Crippen LogP contribution in [0.4, 0.5) is 13.6 Å². The number of hydrogen-bond acceptors (Lipinski definition) is 6. The van der Waals surface area contributed by atoms with Crippen molar-refractivity contribution in [1.82, 2.24) is 10.2 Å². The minimum atomic E-state index is -3.01. The predicted molar refractivity (Wildman–Crippen MR) is 81.5 cm³/mol. The number of alkyl halides is 2. The quantitative estimate of drug-likeness (QED) is 0.797. The van der Waals surface area contributed by atoms with Crippen LogP contribution < -0.4 is 14.8 Å². The largest absolute Gasteiger partial charge is 0.493 e. The third kappa shape index (κ3) is 4.34. The number of methoxy groups -OCH3 is 1. The van der Waals surface area contributed by atoms with Crippen molar-refractivity contribution in [3.05, 3.63) is 23.8 Å². The normalized spacial score (nSPS) is 14.2. The lowest BCUT2D eigenvalue weighted by molar-refractivity contribution is -0.124. The van der Waals surface area contributed by atoms with Gasteiger partial charge in [-0.3, -0.25) is 19.3 Å². The van der Waals surface area contributed by atoms with Gasteiger partial charge >= 0.3 is 6.61 Å². The van der Waals surface area contributed by atoms with Crippen molar-refractivity contribution in [3.8, 4) is 11.5 Å². The molecule has 0 aromatic heterocycles. The number of thioether (sulfide) groups is 1. The molecule has 10 heteroatoms. The van der Waals surface area contributed by atoms with Gasteiger partial charge in [0.1, 0.15) is 0 Å². The highest BCUT2D eigenvalue weighted by atomic mass is 32.2. The van der Waals surface area contributed by atoms with Crippen molar-refractivity contribution in [1.29, 1.82) is 0 Å². The lowest BCUT2D eigenvalue weighted by Gasteiger charge is -2.14. The molecule has 1 heterocycles. The highest BCUT2D eigenvalue weighted by molar-refractivity contribution is 8.14. The standard InChI is InChI=1S/C14H14F2N2O5S/c1-22-10-6-8(2-3-9(10)23-13(15)16)12(20)17-4-5-18-11(19)7-24-14(18)21/h2-3,6,13H,4-5,7H2,1H3,(H,17,20). The number of nitrogens with one attached hydrogen (secondary N) is 1. The van der Waals surface area contributed by atoms with Gasteiger partial charge in [-0.1, -0.05) is 11.8 Å². The Morgan fingerprint density at radius 2 is 2.12 bits per heavy atom. The Hall–Kier alpha value is -2.36. The molecule has 3 amide bonds. The maximum absolute atomic E-state index is 12.3. The molecule has 24 heavy (non-hydrogen) atoms. The van der Waals surface area contributed by atoms with Crippen molar-refractivity contribution in [2.75, 3.05) is 26.0 Å². The molecule has 1 aromatic carbocycles. The van der Waals surface area contributed by atoms with Crippen molar-refractivity contribution in [2.45, 2.75) is 6.61 Å². The topological polar surface area (TPSA) is 84.9 Å². The number of rotatable bonds is 7. The fourth-order valence-electron chi connectivity index (χ4n) is 1.98. The zero-order chi connectivity index (χ0) is 17.7. The van der Waals surface area contributed by atoms with E-state index in [0.29, 0.717) is 0 Å². The summed E-state index contributed by atoms with van der Waals surface area (Å²) < 4.78 is 33.7. The Morgan fingerprint density at radius 1 is 1.38 bits per heavy atom. The summed E-state index contributed by atoms with van der Waals surface area (Å²) >= 11 is 0.913. The summed E-state index contributed by atoms with van der Waals surface area (Å²) in [5, 5.41) is 2.20. The van der Waals surface area contributed by atoms with Crippen molar-refractivity contribution < 1.29 is 32.6 Å². The average Bonchev–Trinajstić information content (AvgIpc) is 2.86. The minimum absolute atomic E-state index is 0.00996. The zero-order valence-electron chi connectivity index (χ0n) is 12.6. The fraction of sp³-hybridized carbons (Fsp3) is 0.357. The van der Waals surface area contributed by atoms with Crippen LogP contribution in [0.3, 0.4) is 0 Å². The van der Waals surface area contributed by atoms with E-state index in [2.05, 4.69) is 10.1 Å². The van der Waals surface area contributed by atoms with Crippen LogP contribution in [0.5, 0.6) is 11.5 Å². The summed E-state index contributed by atoms with van der Waals surface area (Å²) in [6, 6.07) is 3.76. The lowest BCUT2D eigenvalue weighted by Crippen LogP contribution is -2.37. The number of ether oxygens (including phenoxy) is 2. The van der Waals surface area contributed by atoms with Gasteiger partial charge in [0.15, 0.2) is 11.5 Å². The molecule has 2 rings (SSSR count). The Balaban J connectivity index is 1.94. The maximum Gasteiger partial charge on any atom is 0.387 e. The third-order valence-corrected chi connectivity index (χ3v) is 3.96. The van der Waals surface area contributed by atoms with Crippen LogP contribution >= 0.6 is 11.8 Å². The summed E-state index contributed by atoms with van der Waals surface area (Å²) in [6.45, 7) is -2.86. The van der Waals surface area contributed by atoms with Gasteiger partial charge < -0.3 is 14.8 Å². The number of nitrogens with zero attached hydrogens (tertiary/aromatic N) is 1. The molecule has 0 aliphatic carbocycles. The Labute approximate surface area is 140 Å². The van der Waals surface area contributed by atoms with Gasteiger partial charge in [0.2, 0.25) is 5.91 Å². The number of imide groups is 1. The highest BCUT2D eigenvalue weighted by Crippen LogP contribution is 2.29. The van der Waals surface area contributed by atoms with Gasteiger partial charge in [0, 0.05) is 18.7 Å². The van der Waals surface area contributed by atoms with E-state index in [1.165, 1.54) is 25.3 Å². The van der Waals surface area contributed by atoms with Crippen LogP contribution in [0.15, 0.2) is 18.2 Å². The molecule has 130 valence electrons. The molecule has 0 radical (unpaired) electrons. The molecule has 7 nitrogen and oxygen atoms in total. The molecule has 1 aromatic rings. The third-order valence-electron chi connectivity index (χ3n) is 3.10. The Morgan fingerprint density at radius 3 is 2.71 bits per heavy atom. The van der Waals surface area contributed by atoms with Crippen molar-refractivity contribution >= 4 is 28.8 Å². The average molecular weight is 360 g/mol. The summed E-state index contributed by atoms with van der Waals surface area (Å²) in [7, 11) is 1.26. The number of carbonyl (C=O) groups excluding carboxylic acids is 3. The molecular formula is C14H14F2N2O5S. The first-order chi connectivity index (χ1) is 11.4. The van der Waals surface area contributed by atoms with Crippen molar-refractivity contribution in [2.24, 2.45) is 0 Å². The molecule has 0 bridgehead atoms. The van der Waals surface area contributed by atoms with E-state index < -0.39 is 12.5 Å². The molecule has 1 aliphatic rings. The molecule has 1 aliphatic heterocycles. The number of amides is 3. The van der Waals surface area contributed by atoms with Crippen LogP contribution in [0, 0.1) is 0 Å². The fourth-order valence-corrected chi connectivity index (χ4v) is 2.73. The molecule has 1 N–H and O–H groups in total. The van der Waals surface area contributed by atoms with Gasteiger partial charge in [-0.05, 0) is 18.2 Å². The first kappa shape index (κ1) is 18.0. The van der Waals surface area contributed by atoms with E-state index in [1.807, 2.05) is 0 Å². The number of carbonyl (C=O) groups is 3. The predicted octanol–water partition coefficient (Wildman–Crippen LogP) is 1.72. The molecule has 0 atom stereocenters. The van der Waals surface area contributed by atoms with Gasteiger partial charge in [-0.15, -0.1) is 0 Å². The van der Waals surface area contributed by atoms with E-state index in [0.717, 1.165) is 16.7 Å². The zero-order valence-corrected chi connectivity index (χ0v) is 13.4. The van der Waals surface area contributed by atoms with Crippen LogP contribution in [0.25, 0.3) is 0 Å². The lowest BCUT2D eigenvalue weighted by atomic mass is 10.2. The van der Waals surface area contributed by atoms with E-state index >= 15 is 0 Å². The second kappa shape index (κ2) is 7.95. The van der Waals surface area contributed by atoms with Crippen LogP contribution in [-0.2, 0) is 4.79 Å². The Bertz CT molecular complexity index is 640. The second-order valence-corrected chi connectivity index (χ2v) is 5.53. The molecule has 0 saturated carbocycles. The molecule has 0 unspecified atom stereocenters. The maximum atomic E-state index is 12.3. The van der Waals surface area contributed by atoms with Crippen molar-refractivity contribution in [3.63, 3.8) is 0 Å². The summed E-state index contributed by atoms with van der Waals surface area (Å²) in [6.07, 6.45) is 0. The monoisotopic (exact) mass is 360 g/mol. The van der Waals surface area contributed by atoms with Crippen LogP contribution in [0.2, 0.25) is 0 Å². The summed E-state index contributed by atoms with van der Waals surface area (Å²) in [4.78, 5) is 35.9. The van der Waals surface area contributed by atoms with E-state index in [4.69, 9.17) is 4.74 Å². The van der Waals surface area contributed by atoms with E-state index in [-0.39, 0.29) is 47.1 Å². The van der Waals surface area contributed by atoms with Crippen LogP contribution in [-0.4, -0.2) is 54.5 Å². The summed E-state index contributed by atoms with van der Waals surface area (Å²) in [5.74, 6) is -0.882. The number of benzene rings is 1. The molecule has 1 saturated heterocycles. The summed E-state index contributed by atoms with van der Waals surface area (Å²) in [5.41, 5.74) is 0.168. The van der Waals surface area contributed by atoms with Gasteiger partial charge in [0.25, 0.3) is 11.1 Å². The SMILES string of the molecule is COc1cc(C(=O)NCCN2C(=O)CSC2=O)ccc1OC(F)F. The van der Waals surface area contributed by atoms with Gasteiger partial charge in [-0.2, -0.15) is 8.78 Å². The first-order valence-corrected chi connectivity index (χ1v) is 7.79. The van der Waals surface area contributed by atoms with E-state index in [9.17, 15) is 23.2 Å². The smallest absolute Gasteiger partial charge is 0.387 e. The number of hydrogen-bond donors (Lipinski definition) is 1. The van der Waals surface area contributed by atoms with E-state index in [1.54, 1.807) is 0 Å².